The second kappa shape index (κ2) is 7.10. The lowest BCUT2D eigenvalue weighted by molar-refractivity contribution is 0.0723. The zero-order valence-corrected chi connectivity index (χ0v) is 13.6. The fraction of sp³-hybridized carbons (Fsp3) is 0.158. The van der Waals surface area contributed by atoms with Crippen molar-refractivity contribution in [2.24, 2.45) is 0 Å². The van der Waals surface area contributed by atoms with Crippen LogP contribution in [0.25, 0.3) is 5.69 Å². The molecule has 0 N–H and O–H groups in total. The van der Waals surface area contributed by atoms with Crippen LogP contribution in [0.15, 0.2) is 60.7 Å². The molecule has 0 radical (unpaired) electrons. The van der Waals surface area contributed by atoms with E-state index in [0.717, 1.165) is 11.3 Å². The molecule has 3 aromatic rings. The summed E-state index contributed by atoms with van der Waals surface area (Å²) in [7, 11) is 1.60. The van der Waals surface area contributed by atoms with E-state index in [9.17, 15) is 4.79 Å². The zero-order valence-electron chi connectivity index (χ0n) is 13.6. The van der Waals surface area contributed by atoms with Gasteiger partial charge in [0.15, 0.2) is 0 Å². The fourth-order valence-electron chi connectivity index (χ4n) is 2.30. The van der Waals surface area contributed by atoms with Crippen molar-refractivity contribution in [3.8, 4) is 11.6 Å². The molecule has 5 heteroatoms. The van der Waals surface area contributed by atoms with Crippen molar-refractivity contribution in [1.82, 2.24) is 9.78 Å². The Balaban J connectivity index is 1.91. The number of ether oxygens (including phenoxy) is 2. The van der Waals surface area contributed by atoms with Crippen LogP contribution in [-0.2, 0) is 11.3 Å². The Labute approximate surface area is 140 Å². The molecule has 1 heterocycles. The number of esters is 1. The Morgan fingerprint density at radius 2 is 1.79 bits per heavy atom. The van der Waals surface area contributed by atoms with Gasteiger partial charge in [0.05, 0.1) is 23.6 Å². The van der Waals surface area contributed by atoms with Crippen molar-refractivity contribution < 1.29 is 14.3 Å². The summed E-state index contributed by atoms with van der Waals surface area (Å²) in [5.74, 6) is -0.0603. The number of hydrogen-bond donors (Lipinski definition) is 0. The van der Waals surface area contributed by atoms with Crippen molar-refractivity contribution in [2.45, 2.75) is 13.5 Å². The fourth-order valence-corrected chi connectivity index (χ4v) is 2.30. The molecular weight excluding hydrogens is 304 g/mol. The van der Waals surface area contributed by atoms with Crippen LogP contribution in [0.4, 0.5) is 0 Å². The maximum atomic E-state index is 12.4. The maximum absolute atomic E-state index is 12.4. The maximum Gasteiger partial charge on any atom is 0.344 e. The number of para-hydroxylation sites is 1. The number of nitrogens with zero attached hydrogens (tertiary/aromatic N) is 2. The number of benzene rings is 2. The molecule has 0 aliphatic heterocycles. The molecule has 3 rings (SSSR count). The van der Waals surface area contributed by atoms with E-state index in [-0.39, 0.29) is 0 Å². The average Bonchev–Trinajstić information content (AvgIpc) is 2.99. The molecule has 0 atom stereocenters. The Morgan fingerprint density at radius 1 is 1.08 bits per heavy atom. The van der Waals surface area contributed by atoms with E-state index in [1.165, 1.54) is 0 Å². The highest BCUT2D eigenvalue weighted by molar-refractivity contribution is 5.90. The van der Waals surface area contributed by atoms with Crippen LogP contribution in [0.5, 0.6) is 5.88 Å². The van der Waals surface area contributed by atoms with Gasteiger partial charge in [0.2, 0.25) is 5.88 Å². The van der Waals surface area contributed by atoms with Crippen molar-refractivity contribution >= 4 is 5.97 Å². The van der Waals surface area contributed by atoms with Crippen molar-refractivity contribution in [2.75, 3.05) is 7.11 Å². The average molecular weight is 322 g/mol. The number of aromatic nitrogens is 2. The first-order chi connectivity index (χ1) is 11.7. The Bertz CT molecular complexity index is 824. The highest BCUT2D eigenvalue weighted by Crippen LogP contribution is 2.21. The molecule has 1 aromatic heterocycles. The molecule has 0 fully saturated rings. The summed E-state index contributed by atoms with van der Waals surface area (Å²) in [6.07, 6.45) is 0. The first kappa shape index (κ1) is 16.0. The molecule has 2 aromatic carbocycles. The van der Waals surface area contributed by atoms with E-state index < -0.39 is 5.97 Å². The highest BCUT2D eigenvalue weighted by Gasteiger charge is 2.16. The van der Waals surface area contributed by atoms with Gasteiger partial charge in [-0.3, -0.25) is 0 Å². The molecule has 0 saturated heterocycles. The van der Waals surface area contributed by atoms with Gasteiger partial charge in [0.25, 0.3) is 0 Å². The quantitative estimate of drug-likeness (QED) is 0.674. The van der Waals surface area contributed by atoms with Gasteiger partial charge in [-0.25, -0.2) is 9.48 Å². The third-order valence-corrected chi connectivity index (χ3v) is 3.50. The van der Waals surface area contributed by atoms with E-state index in [2.05, 4.69) is 5.10 Å². The number of methoxy groups -OCH3 is 1. The van der Waals surface area contributed by atoms with Crippen LogP contribution in [-0.4, -0.2) is 22.9 Å². The lowest BCUT2D eigenvalue weighted by Crippen LogP contribution is -2.11. The largest absolute Gasteiger partial charge is 0.404 e. The van der Waals surface area contributed by atoms with E-state index in [4.69, 9.17) is 9.47 Å². The summed E-state index contributed by atoms with van der Waals surface area (Å²) in [6, 6.07) is 18.5. The molecule has 122 valence electrons. The summed E-state index contributed by atoms with van der Waals surface area (Å²) >= 11 is 0. The zero-order chi connectivity index (χ0) is 16.9. The number of carbonyl (C=O) groups is 1. The normalized spacial score (nSPS) is 10.6. The van der Waals surface area contributed by atoms with Gasteiger partial charge < -0.3 is 9.47 Å². The lowest BCUT2D eigenvalue weighted by atomic mass is 10.1. The van der Waals surface area contributed by atoms with E-state index in [0.29, 0.717) is 23.7 Å². The van der Waals surface area contributed by atoms with Crippen LogP contribution in [0, 0.1) is 6.92 Å². The van der Waals surface area contributed by atoms with Crippen LogP contribution in [0.1, 0.15) is 21.6 Å². The van der Waals surface area contributed by atoms with E-state index in [1.807, 2.05) is 49.4 Å². The summed E-state index contributed by atoms with van der Waals surface area (Å²) in [4.78, 5) is 12.4. The monoisotopic (exact) mass is 322 g/mol. The van der Waals surface area contributed by atoms with Gasteiger partial charge in [-0.05, 0) is 31.2 Å². The van der Waals surface area contributed by atoms with Gasteiger partial charge in [-0.2, -0.15) is 5.10 Å². The summed E-state index contributed by atoms with van der Waals surface area (Å²) < 4.78 is 12.3. The Morgan fingerprint density at radius 3 is 2.46 bits per heavy atom. The molecule has 0 aliphatic rings. The third kappa shape index (κ3) is 3.52. The molecule has 0 bridgehead atoms. The minimum atomic E-state index is -0.420. The molecular formula is C19H18N2O3. The Hall–Kier alpha value is -2.92. The summed E-state index contributed by atoms with van der Waals surface area (Å²) in [6.45, 7) is 2.31. The van der Waals surface area contributed by atoms with Gasteiger partial charge in [0.1, 0.15) is 0 Å². The SMILES string of the molecule is COCc1cc(OC(=O)c2ccc(C)cc2)n(-c2ccccc2)n1. The first-order valence-electron chi connectivity index (χ1n) is 7.59. The second-order valence-electron chi connectivity index (χ2n) is 5.41. The predicted octanol–water partition coefficient (Wildman–Crippen LogP) is 3.55. The standard InChI is InChI=1S/C19H18N2O3/c1-14-8-10-15(11-9-14)19(22)24-18-12-16(13-23-2)20-21(18)17-6-4-3-5-7-17/h3-12H,13H2,1-2H3. The lowest BCUT2D eigenvalue weighted by Gasteiger charge is -2.08. The smallest absolute Gasteiger partial charge is 0.344 e. The molecule has 24 heavy (non-hydrogen) atoms. The van der Waals surface area contributed by atoms with Gasteiger partial charge in [0, 0.05) is 13.2 Å². The summed E-state index contributed by atoms with van der Waals surface area (Å²) in [5, 5.41) is 4.45. The summed E-state index contributed by atoms with van der Waals surface area (Å²) in [5.41, 5.74) is 3.08. The minimum absolute atomic E-state index is 0.342. The van der Waals surface area contributed by atoms with E-state index >= 15 is 0 Å². The topological polar surface area (TPSA) is 53.4 Å². The molecule has 0 amide bonds. The minimum Gasteiger partial charge on any atom is -0.404 e. The number of aryl methyl sites for hydroxylation is 1. The van der Waals surface area contributed by atoms with Crippen molar-refractivity contribution in [3.05, 3.63) is 77.5 Å². The first-order valence-corrected chi connectivity index (χ1v) is 7.59. The number of hydrogen-bond acceptors (Lipinski definition) is 4. The van der Waals surface area contributed by atoms with Gasteiger partial charge >= 0.3 is 5.97 Å². The molecule has 5 nitrogen and oxygen atoms in total. The third-order valence-electron chi connectivity index (χ3n) is 3.50. The van der Waals surface area contributed by atoms with Crippen LogP contribution < -0.4 is 4.74 Å². The molecule has 0 saturated carbocycles. The van der Waals surface area contributed by atoms with Gasteiger partial charge in [-0.1, -0.05) is 35.9 Å². The van der Waals surface area contributed by atoms with Crippen LogP contribution >= 0.6 is 0 Å². The second-order valence-corrected chi connectivity index (χ2v) is 5.41. The highest BCUT2D eigenvalue weighted by atomic mass is 16.5. The van der Waals surface area contributed by atoms with Crippen LogP contribution in [0.3, 0.4) is 0 Å². The number of rotatable bonds is 5. The van der Waals surface area contributed by atoms with Crippen molar-refractivity contribution in [3.63, 3.8) is 0 Å². The van der Waals surface area contributed by atoms with E-state index in [1.54, 1.807) is 30.0 Å². The van der Waals surface area contributed by atoms with Crippen molar-refractivity contribution in [1.29, 1.82) is 0 Å². The van der Waals surface area contributed by atoms with Crippen LogP contribution in [0.2, 0.25) is 0 Å². The van der Waals surface area contributed by atoms with Gasteiger partial charge in [-0.15, -0.1) is 0 Å². The number of carbonyl (C=O) groups excluding carboxylic acids is 1. The molecule has 0 spiro atoms. The molecule has 0 aliphatic carbocycles. The predicted molar refractivity (Wildman–Crippen MR) is 90.4 cm³/mol. The molecule has 0 unspecified atom stereocenters. The Kier molecular flexibility index (Phi) is 4.72.